The van der Waals surface area contributed by atoms with Crippen molar-refractivity contribution in [1.29, 1.82) is 0 Å². The van der Waals surface area contributed by atoms with Gasteiger partial charge < -0.3 is 9.30 Å². The molecule has 9 nitrogen and oxygen atoms in total. The fraction of sp³-hybridized carbons (Fsp3) is 0.333. The summed E-state index contributed by atoms with van der Waals surface area (Å²) in [6, 6.07) is 10.1. The molecule has 0 amide bonds. The lowest BCUT2D eigenvalue weighted by molar-refractivity contribution is -0.141. The van der Waals surface area contributed by atoms with Crippen molar-refractivity contribution in [2.45, 2.75) is 33.4 Å². The maximum atomic E-state index is 13.2. The van der Waals surface area contributed by atoms with Crippen molar-refractivity contribution >= 4 is 22.9 Å². The molecule has 0 N–H and O–H groups in total. The number of imidazole rings is 2. The number of aryl methyl sites for hydroxylation is 4. The number of carbonyl (C=O) groups excluding carboxylic acids is 1. The topological polar surface area (TPSA) is 92.5 Å². The van der Waals surface area contributed by atoms with Crippen LogP contribution < -0.4 is 11.2 Å². The van der Waals surface area contributed by atoms with Crippen molar-refractivity contribution in [1.82, 2.24) is 23.1 Å². The number of hydrogen-bond donors (Lipinski definition) is 0. The average Bonchev–Trinajstić information content (AvgIpc) is 3.25. The number of methoxy groups -OCH3 is 1. The number of nitrogens with zero attached hydrogens (tertiary/aromatic N) is 5. The molecule has 0 aliphatic carbocycles. The van der Waals surface area contributed by atoms with Gasteiger partial charge in [-0.15, -0.1) is 0 Å². The van der Waals surface area contributed by atoms with Crippen LogP contribution in [0.2, 0.25) is 0 Å². The highest BCUT2D eigenvalue weighted by Gasteiger charge is 2.23. The number of carbonyl (C=O) groups is 1. The van der Waals surface area contributed by atoms with Gasteiger partial charge in [-0.2, -0.15) is 4.98 Å². The van der Waals surface area contributed by atoms with Gasteiger partial charge in [-0.1, -0.05) is 30.3 Å². The van der Waals surface area contributed by atoms with Crippen LogP contribution >= 0.6 is 0 Å². The molecule has 156 valence electrons. The molecule has 4 aromatic rings. The van der Waals surface area contributed by atoms with Crippen molar-refractivity contribution in [2.24, 2.45) is 7.05 Å². The summed E-state index contributed by atoms with van der Waals surface area (Å²) in [5.74, 6) is -0.0681. The summed E-state index contributed by atoms with van der Waals surface area (Å²) in [6.07, 6.45) is 0.806. The third-order valence-corrected chi connectivity index (χ3v) is 5.61. The van der Waals surface area contributed by atoms with Gasteiger partial charge in [-0.25, -0.2) is 9.36 Å². The largest absolute Gasteiger partial charge is 0.468 e. The molecule has 3 aromatic heterocycles. The molecule has 4 rings (SSSR count). The molecule has 0 fully saturated rings. The predicted octanol–water partition coefficient (Wildman–Crippen LogP) is 1.18. The number of rotatable bonds is 5. The summed E-state index contributed by atoms with van der Waals surface area (Å²) in [6.45, 7) is 4.13. The SMILES string of the molecule is COC(=O)Cn1c(=O)c2c(nc3n(CCc4ccccc4)c(C)c(C)n23)n(C)c1=O. The molecule has 30 heavy (non-hydrogen) atoms. The Hall–Kier alpha value is -3.62. The Morgan fingerprint density at radius 3 is 2.43 bits per heavy atom. The monoisotopic (exact) mass is 409 g/mol. The van der Waals surface area contributed by atoms with Crippen molar-refractivity contribution in [3.63, 3.8) is 0 Å². The molecule has 0 spiro atoms. The number of esters is 1. The highest BCUT2D eigenvalue weighted by atomic mass is 16.5. The Bertz CT molecular complexity index is 1390. The number of ether oxygens (including phenoxy) is 1. The summed E-state index contributed by atoms with van der Waals surface area (Å²) >= 11 is 0. The van der Waals surface area contributed by atoms with Gasteiger partial charge in [0.2, 0.25) is 5.78 Å². The lowest BCUT2D eigenvalue weighted by Crippen LogP contribution is -2.41. The highest BCUT2D eigenvalue weighted by Crippen LogP contribution is 2.21. The van der Waals surface area contributed by atoms with E-state index in [0.29, 0.717) is 12.3 Å². The first-order chi connectivity index (χ1) is 14.3. The van der Waals surface area contributed by atoms with Crippen molar-refractivity contribution in [2.75, 3.05) is 7.11 Å². The van der Waals surface area contributed by atoms with E-state index in [9.17, 15) is 14.4 Å². The molecule has 0 saturated carbocycles. The first kappa shape index (κ1) is 19.7. The molecule has 0 atom stereocenters. The molecule has 0 aliphatic rings. The first-order valence-corrected chi connectivity index (χ1v) is 9.63. The minimum absolute atomic E-state index is 0.273. The van der Waals surface area contributed by atoms with E-state index in [-0.39, 0.29) is 11.2 Å². The van der Waals surface area contributed by atoms with E-state index >= 15 is 0 Å². The third kappa shape index (κ3) is 2.94. The molecule has 0 radical (unpaired) electrons. The summed E-state index contributed by atoms with van der Waals surface area (Å²) < 4.78 is 10.6. The summed E-state index contributed by atoms with van der Waals surface area (Å²) in [5.41, 5.74) is 2.44. The second-order valence-corrected chi connectivity index (χ2v) is 7.29. The van der Waals surface area contributed by atoms with Crippen LogP contribution in [-0.2, 0) is 36.1 Å². The Morgan fingerprint density at radius 2 is 1.77 bits per heavy atom. The molecule has 0 bridgehead atoms. The van der Waals surface area contributed by atoms with Crippen LogP contribution in [0.1, 0.15) is 17.0 Å². The average molecular weight is 409 g/mol. The lowest BCUT2D eigenvalue weighted by Gasteiger charge is -2.08. The Balaban J connectivity index is 1.93. The van der Waals surface area contributed by atoms with E-state index in [4.69, 9.17) is 0 Å². The van der Waals surface area contributed by atoms with Crippen LogP contribution in [0.5, 0.6) is 0 Å². The standard InChI is InChI=1S/C21H23N5O4/c1-13-14(2)26-17-18(23(3)21(29)25(19(17)28)12-16(27)30-4)22-20(26)24(13)11-10-15-8-6-5-7-9-15/h5-9H,10-12H2,1-4H3. The number of fused-ring (bicyclic) bond motifs is 3. The van der Waals surface area contributed by atoms with E-state index in [1.54, 1.807) is 11.4 Å². The zero-order valence-electron chi connectivity index (χ0n) is 17.4. The van der Waals surface area contributed by atoms with E-state index in [0.717, 1.165) is 22.4 Å². The van der Waals surface area contributed by atoms with Crippen LogP contribution in [-0.4, -0.2) is 36.2 Å². The first-order valence-electron chi connectivity index (χ1n) is 9.63. The predicted molar refractivity (Wildman–Crippen MR) is 112 cm³/mol. The molecule has 3 heterocycles. The Labute approximate surface area is 171 Å². The van der Waals surface area contributed by atoms with Gasteiger partial charge >= 0.3 is 11.7 Å². The van der Waals surface area contributed by atoms with Gasteiger partial charge in [0.15, 0.2) is 11.2 Å². The van der Waals surface area contributed by atoms with Gasteiger partial charge in [0.1, 0.15) is 6.54 Å². The third-order valence-electron chi connectivity index (χ3n) is 5.61. The van der Waals surface area contributed by atoms with E-state index < -0.39 is 23.8 Å². The quantitative estimate of drug-likeness (QED) is 0.462. The summed E-state index contributed by atoms with van der Waals surface area (Å²) in [7, 11) is 2.76. The number of hydrogen-bond acceptors (Lipinski definition) is 5. The fourth-order valence-corrected chi connectivity index (χ4v) is 3.80. The molecule has 0 aliphatic heterocycles. The zero-order valence-corrected chi connectivity index (χ0v) is 17.4. The van der Waals surface area contributed by atoms with Gasteiger partial charge in [-0.3, -0.25) is 18.6 Å². The second-order valence-electron chi connectivity index (χ2n) is 7.29. The normalized spacial score (nSPS) is 11.5. The molecule has 0 unspecified atom stereocenters. The minimum Gasteiger partial charge on any atom is -0.468 e. The summed E-state index contributed by atoms with van der Waals surface area (Å²) in [5, 5.41) is 0. The Morgan fingerprint density at radius 1 is 1.07 bits per heavy atom. The maximum Gasteiger partial charge on any atom is 0.333 e. The second kappa shape index (κ2) is 7.33. The molecule has 9 heteroatoms. The minimum atomic E-state index is -0.664. The van der Waals surface area contributed by atoms with Crippen LogP contribution in [0.3, 0.4) is 0 Å². The van der Waals surface area contributed by atoms with Crippen LogP contribution in [0.4, 0.5) is 0 Å². The van der Waals surface area contributed by atoms with E-state index in [2.05, 4.69) is 26.4 Å². The fourth-order valence-electron chi connectivity index (χ4n) is 3.80. The Kier molecular flexibility index (Phi) is 4.81. The maximum absolute atomic E-state index is 13.2. The van der Waals surface area contributed by atoms with Crippen molar-refractivity contribution in [3.05, 3.63) is 68.1 Å². The van der Waals surface area contributed by atoms with Crippen LogP contribution in [0.25, 0.3) is 16.9 Å². The number of benzene rings is 1. The lowest BCUT2D eigenvalue weighted by atomic mass is 10.1. The van der Waals surface area contributed by atoms with Crippen molar-refractivity contribution in [3.8, 4) is 0 Å². The van der Waals surface area contributed by atoms with Gasteiger partial charge in [0, 0.05) is 25.0 Å². The van der Waals surface area contributed by atoms with E-state index in [1.165, 1.54) is 17.2 Å². The number of aromatic nitrogens is 5. The highest BCUT2D eigenvalue weighted by molar-refractivity contribution is 5.77. The molecular weight excluding hydrogens is 386 g/mol. The summed E-state index contributed by atoms with van der Waals surface area (Å²) in [4.78, 5) is 42.2. The van der Waals surface area contributed by atoms with Crippen LogP contribution in [0, 0.1) is 13.8 Å². The molecule has 1 aromatic carbocycles. The van der Waals surface area contributed by atoms with Gasteiger partial charge in [0.05, 0.1) is 7.11 Å². The zero-order chi connectivity index (χ0) is 21.6. The van der Waals surface area contributed by atoms with Gasteiger partial charge in [0.25, 0.3) is 5.56 Å². The van der Waals surface area contributed by atoms with Crippen molar-refractivity contribution < 1.29 is 9.53 Å². The van der Waals surface area contributed by atoms with Crippen LogP contribution in [0.15, 0.2) is 39.9 Å². The molecular formula is C21H23N5O4. The van der Waals surface area contributed by atoms with E-state index in [1.807, 2.05) is 32.0 Å². The molecule has 0 saturated heterocycles. The van der Waals surface area contributed by atoms with Gasteiger partial charge in [-0.05, 0) is 25.8 Å². The smallest absolute Gasteiger partial charge is 0.333 e.